The fourth-order valence-electron chi connectivity index (χ4n) is 3.00. The molecule has 0 bridgehead atoms. The summed E-state index contributed by atoms with van der Waals surface area (Å²) in [5.41, 5.74) is 7.01. The number of nitrogens with zero attached hydrogens (tertiary/aromatic N) is 3. The number of anilines is 2. The molecule has 0 amide bonds. The van der Waals surface area contributed by atoms with Gasteiger partial charge in [-0.3, -0.25) is 4.90 Å². The molecule has 1 saturated heterocycles. The Bertz CT molecular complexity index is 654. The maximum atomic E-state index is 5.88. The Morgan fingerprint density at radius 2 is 2.16 bits per heavy atom. The molecule has 136 valence electrons. The van der Waals surface area contributed by atoms with Gasteiger partial charge in [0.2, 0.25) is 0 Å². The molecule has 0 unspecified atom stereocenters. The van der Waals surface area contributed by atoms with Crippen molar-refractivity contribution in [3.8, 4) is 5.75 Å². The monoisotopic (exact) mass is 361 g/mol. The summed E-state index contributed by atoms with van der Waals surface area (Å²) in [5, 5.41) is 3.17. The van der Waals surface area contributed by atoms with E-state index in [1.807, 2.05) is 6.07 Å². The molecule has 1 fully saturated rings. The molecular weight excluding hydrogens is 334 g/mol. The summed E-state index contributed by atoms with van der Waals surface area (Å²) in [6, 6.07) is 8.45. The molecule has 2 heterocycles. The van der Waals surface area contributed by atoms with Gasteiger partial charge in [-0.1, -0.05) is 19.1 Å². The lowest BCUT2D eigenvalue weighted by Gasteiger charge is -2.30. The number of hydrogen-bond acceptors (Lipinski definition) is 7. The van der Waals surface area contributed by atoms with Crippen LogP contribution in [-0.2, 0) is 6.54 Å². The van der Waals surface area contributed by atoms with Crippen molar-refractivity contribution in [2.75, 3.05) is 37.3 Å². The van der Waals surface area contributed by atoms with Crippen molar-refractivity contribution < 1.29 is 4.74 Å². The number of hydrogen-bond donors (Lipinski definition) is 2. The minimum Gasteiger partial charge on any atom is -0.494 e. The summed E-state index contributed by atoms with van der Waals surface area (Å²) in [7, 11) is 0. The third-order valence-corrected chi connectivity index (χ3v) is 5.12. The van der Waals surface area contributed by atoms with Crippen LogP contribution in [0.1, 0.15) is 31.7 Å². The van der Waals surface area contributed by atoms with E-state index < -0.39 is 0 Å². The highest BCUT2D eigenvalue weighted by atomic mass is 32.1. The third kappa shape index (κ3) is 5.57. The Balaban J connectivity index is 1.38. The molecular formula is C18H27N5OS. The van der Waals surface area contributed by atoms with Gasteiger partial charge in [0.1, 0.15) is 5.75 Å². The van der Waals surface area contributed by atoms with Gasteiger partial charge in [-0.25, -0.2) is 0 Å². The van der Waals surface area contributed by atoms with E-state index in [0.29, 0.717) is 18.2 Å². The van der Waals surface area contributed by atoms with E-state index in [0.717, 1.165) is 42.9 Å². The van der Waals surface area contributed by atoms with E-state index in [-0.39, 0.29) is 0 Å². The first kappa shape index (κ1) is 17.9. The fraction of sp³-hybridized carbons (Fsp3) is 0.556. The van der Waals surface area contributed by atoms with E-state index in [2.05, 4.69) is 44.1 Å². The average molecular weight is 362 g/mol. The number of nitrogens with two attached hydrogens (primary N) is 1. The summed E-state index contributed by atoms with van der Waals surface area (Å²) < 4.78 is 13.9. The van der Waals surface area contributed by atoms with Gasteiger partial charge in [-0.2, -0.15) is 8.75 Å². The molecule has 25 heavy (non-hydrogen) atoms. The number of benzene rings is 1. The maximum absolute atomic E-state index is 5.88. The largest absolute Gasteiger partial charge is 0.494 e. The Kier molecular flexibility index (Phi) is 6.47. The Labute approximate surface area is 153 Å². The number of aromatic nitrogens is 2. The quantitative estimate of drug-likeness (QED) is 0.703. The SMILES string of the molecule is CC1CCN(Cc2cccc(OCCCNc3nsnc3N)c2)CC1. The van der Waals surface area contributed by atoms with Gasteiger partial charge in [0, 0.05) is 13.1 Å². The molecule has 0 radical (unpaired) electrons. The highest BCUT2D eigenvalue weighted by Crippen LogP contribution is 2.20. The van der Waals surface area contributed by atoms with Crippen molar-refractivity contribution in [2.24, 2.45) is 5.92 Å². The number of nitrogen functional groups attached to an aromatic ring is 1. The fourth-order valence-corrected chi connectivity index (χ4v) is 3.45. The minimum absolute atomic E-state index is 0.464. The number of nitrogens with one attached hydrogen (secondary N) is 1. The lowest BCUT2D eigenvalue weighted by Crippen LogP contribution is -2.32. The first-order chi connectivity index (χ1) is 12.2. The molecule has 7 heteroatoms. The van der Waals surface area contributed by atoms with Crippen molar-refractivity contribution in [1.82, 2.24) is 13.6 Å². The van der Waals surface area contributed by atoms with Crippen LogP contribution >= 0.6 is 11.7 Å². The van der Waals surface area contributed by atoms with Crippen LogP contribution in [0.3, 0.4) is 0 Å². The first-order valence-electron chi connectivity index (χ1n) is 8.96. The van der Waals surface area contributed by atoms with Crippen LogP contribution in [0, 0.1) is 5.92 Å². The number of rotatable bonds is 8. The Hall–Kier alpha value is -1.86. The molecule has 1 aliphatic heterocycles. The lowest BCUT2D eigenvalue weighted by molar-refractivity contribution is 0.185. The first-order valence-corrected chi connectivity index (χ1v) is 9.70. The highest BCUT2D eigenvalue weighted by Gasteiger charge is 2.15. The second-order valence-electron chi connectivity index (χ2n) is 6.73. The lowest BCUT2D eigenvalue weighted by atomic mass is 9.99. The predicted molar refractivity (Wildman–Crippen MR) is 103 cm³/mol. The Morgan fingerprint density at radius 1 is 1.32 bits per heavy atom. The molecule has 6 nitrogen and oxygen atoms in total. The average Bonchev–Trinajstić information content (AvgIpc) is 3.02. The molecule has 0 atom stereocenters. The number of likely N-dealkylation sites (tertiary alicyclic amines) is 1. The van der Waals surface area contributed by atoms with E-state index in [9.17, 15) is 0 Å². The third-order valence-electron chi connectivity index (χ3n) is 4.58. The van der Waals surface area contributed by atoms with Gasteiger partial charge in [0.05, 0.1) is 18.3 Å². The van der Waals surface area contributed by atoms with E-state index >= 15 is 0 Å². The predicted octanol–water partition coefficient (Wildman–Crippen LogP) is 3.23. The van der Waals surface area contributed by atoms with Crippen molar-refractivity contribution in [3.05, 3.63) is 29.8 Å². The van der Waals surface area contributed by atoms with Gasteiger partial charge in [-0.15, -0.1) is 0 Å². The molecule has 0 aliphatic carbocycles. The van der Waals surface area contributed by atoms with Crippen molar-refractivity contribution in [3.63, 3.8) is 0 Å². The van der Waals surface area contributed by atoms with E-state index in [4.69, 9.17) is 10.5 Å². The topological polar surface area (TPSA) is 76.3 Å². The molecule has 1 aromatic heterocycles. The summed E-state index contributed by atoms with van der Waals surface area (Å²) in [6.07, 6.45) is 3.50. The Morgan fingerprint density at radius 3 is 2.92 bits per heavy atom. The second kappa shape index (κ2) is 9.01. The number of ether oxygens (including phenoxy) is 1. The van der Waals surface area contributed by atoms with Crippen LogP contribution in [0.25, 0.3) is 0 Å². The summed E-state index contributed by atoms with van der Waals surface area (Å²) in [6.45, 7) is 7.19. The van der Waals surface area contributed by atoms with Crippen molar-refractivity contribution >= 4 is 23.4 Å². The van der Waals surface area contributed by atoms with Gasteiger partial charge in [0.15, 0.2) is 11.6 Å². The van der Waals surface area contributed by atoms with Gasteiger partial charge >= 0.3 is 0 Å². The van der Waals surface area contributed by atoms with Gasteiger partial charge in [0.25, 0.3) is 0 Å². The van der Waals surface area contributed by atoms with Crippen LogP contribution < -0.4 is 15.8 Å². The van der Waals surface area contributed by atoms with Gasteiger partial charge in [-0.05, 0) is 56.0 Å². The van der Waals surface area contributed by atoms with Crippen LogP contribution in [0.4, 0.5) is 11.6 Å². The zero-order valence-electron chi connectivity index (χ0n) is 14.8. The molecule has 1 aliphatic rings. The molecule has 0 saturated carbocycles. The van der Waals surface area contributed by atoms with Gasteiger partial charge < -0.3 is 15.8 Å². The van der Waals surface area contributed by atoms with Crippen molar-refractivity contribution in [2.45, 2.75) is 32.7 Å². The second-order valence-corrected chi connectivity index (χ2v) is 7.26. The summed E-state index contributed by atoms with van der Waals surface area (Å²) >= 11 is 1.12. The minimum atomic E-state index is 0.464. The van der Waals surface area contributed by atoms with Crippen molar-refractivity contribution in [1.29, 1.82) is 0 Å². The molecule has 2 aromatic rings. The summed E-state index contributed by atoms with van der Waals surface area (Å²) in [5.74, 6) is 2.95. The van der Waals surface area contributed by atoms with Crippen LogP contribution in [0.2, 0.25) is 0 Å². The zero-order valence-corrected chi connectivity index (χ0v) is 15.6. The van der Waals surface area contributed by atoms with Crippen LogP contribution in [-0.4, -0.2) is 39.9 Å². The highest BCUT2D eigenvalue weighted by molar-refractivity contribution is 6.99. The van der Waals surface area contributed by atoms with E-state index in [1.165, 1.54) is 31.5 Å². The standard InChI is InChI=1S/C18H27N5OS/c1-14-6-9-23(10-7-14)13-15-4-2-5-16(12-15)24-11-3-8-20-18-17(19)21-25-22-18/h2,4-5,12,14H,3,6-11,13H2,1H3,(H2,19,21)(H,20,22). The van der Waals surface area contributed by atoms with E-state index in [1.54, 1.807) is 0 Å². The molecule has 1 aromatic carbocycles. The van der Waals surface area contributed by atoms with Crippen LogP contribution in [0.5, 0.6) is 5.75 Å². The molecule has 3 rings (SSSR count). The normalized spacial score (nSPS) is 16.0. The number of piperidine rings is 1. The smallest absolute Gasteiger partial charge is 0.184 e. The van der Waals surface area contributed by atoms with Crippen LogP contribution in [0.15, 0.2) is 24.3 Å². The molecule has 0 spiro atoms. The maximum Gasteiger partial charge on any atom is 0.184 e. The molecule has 3 N–H and O–H groups in total. The zero-order chi connectivity index (χ0) is 17.5. The summed E-state index contributed by atoms with van der Waals surface area (Å²) in [4.78, 5) is 2.54.